The fourth-order valence-corrected chi connectivity index (χ4v) is 2.84. The van der Waals surface area contributed by atoms with Gasteiger partial charge in [-0.15, -0.1) is 5.10 Å². The van der Waals surface area contributed by atoms with E-state index in [0.29, 0.717) is 0 Å². The lowest BCUT2D eigenvalue weighted by Crippen LogP contribution is -2.34. The van der Waals surface area contributed by atoms with Gasteiger partial charge in [0.05, 0.1) is 24.0 Å². The maximum atomic E-state index is 5.47. The summed E-state index contributed by atoms with van der Waals surface area (Å²) in [5, 5.41) is 16.1. The van der Waals surface area contributed by atoms with Crippen molar-refractivity contribution in [1.29, 1.82) is 0 Å². The number of anilines is 1. The second-order valence-electron chi connectivity index (χ2n) is 6.21. The Balaban J connectivity index is 2.04. The minimum Gasteiger partial charge on any atom is -0.495 e. The van der Waals surface area contributed by atoms with Crippen molar-refractivity contribution in [2.45, 2.75) is 32.7 Å². The molecule has 6 nitrogen and oxygen atoms in total. The molecule has 25 heavy (non-hydrogen) atoms. The number of nitrogens with one attached hydrogen (secondary N) is 1. The first-order valence-corrected chi connectivity index (χ1v) is 8.35. The molecule has 2 aromatic carbocycles. The van der Waals surface area contributed by atoms with E-state index in [9.17, 15) is 0 Å². The fraction of sp³-hybridized carbons (Fsp3) is 0.316. The molecule has 0 radical (unpaired) electrons. The first-order valence-electron chi connectivity index (χ1n) is 8.35. The molecule has 0 aliphatic carbocycles. The molecule has 0 bridgehead atoms. The van der Waals surface area contributed by atoms with Crippen LogP contribution >= 0.6 is 0 Å². The van der Waals surface area contributed by atoms with Gasteiger partial charge in [-0.25, -0.2) is 0 Å². The molecule has 1 N–H and O–H groups in total. The van der Waals surface area contributed by atoms with Crippen molar-refractivity contribution in [2.24, 2.45) is 0 Å². The van der Waals surface area contributed by atoms with Gasteiger partial charge in [-0.05, 0) is 54.5 Å². The Kier molecular flexibility index (Phi) is 4.70. The molecule has 0 aliphatic rings. The van der Waals surface area contributed by atoms with Gasteiger partial charge in [0.1, 0.15) is 5.75 Å². The van der Waals surface area contributed by atoms with E-state index in [-0.39, 0.29) is 0 Å². The SMILES string of the molecule is CCC(C)(Nc1ccccc1OC)c1nnnn1-c1ccccc1C. The summed E-state index contributed by atoms with van der Waals surface area (Å²) in [7, 11) is 1.67. The van der Waals surface area contributed by atoms with Crippen molar-refractivity contribution < 1.29 is 4.74 Å². The highest BCUT2D eigenvalue weighted by atomic mass is 16.5. The van der Waals surface area contributed by atoms with Crippen LogP contribution in [0.1, 0.15) is 31.7 Å². The molecule has 130 valence electrons. The van der Waals surface area contributed by atoms with Crippen molar-refractivity contribution >= 4 is 5.69 Å². The Morgan fingerprint density at radius 1 is 1.12 bits per heavy atom. The molecule has 0 aliphatic heterocycles. The van der Waals surface area contributed by atoms with Crippen LogP contribution in [0, 0.1) is 6.92 Å². The van der Waals surface area contributed by atoms with Crippen LogP contribution in [0.5, 0.6) is 5.75 Å². The van der Waals surface area contributed by atoms with Crippen molar-refractivity contribution in [3.63, 3.8) is 0 Å². The van der Waals surface area contributed by atoms with Gasteiger partial charge in [-0.3, -0.25) is 0 Å². The minimum atomic E-state index is -0.458. The average Bonchev–Trinajstić information content (AvgIpc) is 3.13. The van der Waals surface area contributed by atoms with Crippen molar-refractivity contribution in [3.05, 3.63) is 59.9 Å². The summed E-state index contributed by atoms with van der Waals surface area (Å²) in [4.78, 5) is 0. The quantitative estimate of drug-likeness (QED) is 0.743. The number of methoxy groups -OCH3 is 1. The Morgan fingerprint density at radius 2 is 1.84 bits per heavy atom. The van der Waals surface area contributed by atoms with Gasteiger partial charge in [-0.2, -0.15) is 4.68 Å². The third-order valence-electron chi connectivity index (χ3n) is 4.53. The Morgan fingerprint density at radius 3 is 2.56 bits per heavy atom. The van der Waals surface area contributed by atoms with Gasteiger partial charge in [0.15, 0.2) is 5.82 Å². The van der Waals surface area contributed by atoms with E-state index in [1.165, 1.54) is 0 Å². The van der Waals surface area contributed by atoms with Gasteiger partial charge in [-0.1, -0.05) is 37.3 Å². The molecule has 0 saturated heterocycles. The van der Waals surface area contributed by atoms with Crippen LogP contribution < -0.4 is 10.1 Å². The Labute approximate surface area is 147 Å². The van der Waals surface area contributed by atoms with E-state index in [1.807, 2.05) is 42.5 Å². The van der Waals surface area contributed by atoms with Crippen LogP contribution in [0.2, 0.25) is 0 Å². The van der Waals surface area contributed by atoms with E-state index in [4.69, 9.17) is 4.74 Å². The van der Waals surface area contributed by atoms with Crippen LogP contribution in [-0.2, 0) is 5.54 Å². The maximum Gasteiger partial charge on any atom is 0.181 e. The second kappa shape index (κ2) is 6.93. The van der Waals surface area contributed by atoms with E-state index >= 15 is 0 Å². The highest BCUT2D eigenvalue weighted by Gasteiger charge is 2.32. The van der Waals surface area contributed by atoms with Gasteiger partial charge in [0.2, 0.25) is 0 Å². The van der Waals surface area contributed by atoms with Crippen molar-refractivity contribution in [1.82, 2.24) is 20.2 Å². The summed E-state index contributed by atoms with van der Waals surface area (Å²) in [5.41, 5.74) is 2.55. The summed E-state index contributed by atoms with van der Waals surface area (Å²) in [6, 6.07) is 15.9. The summed E-state index contributed by atoms with van der Waals surface area (Å²) in [6.45, 7) is 6.26. The molecular weight excluding hydrogens is 314 g/mol. The van der Waals surface area contributed by atoms with Gasteiger partial charge >= 0.3 is 0 Å². The number of benzene rings is 2. The number of hydrogen-bond acceptors (Lipinski definition) is 5. The number of aromatic nitrogens is 4. The number of tetrazole rings is 1. The number of rotatable bonds is 6. The largest absolute Gasteiger partial charge is 0.495 e. The topological polar surface area (TPSA) is 64.9 Å². The third kappa shape index (κ3) is 3.20. The van der Waals surface area contributed by atoms with Gasteiger partial charge in [0, 0.05) is 0 Å². The summed E-state index contributed by atoms with van der Waals surface area (Å²) in [5.74, 6) is 1.55. The summed E-state index contributed by atoms with van der Waals surface area (Å²) >= 11 is 0. The molecule has 0 amide bonds. The lowest BCUT2D eigenvalue weighted by atomic mass is 9.96. The zero-order valence-corrected chi connectivity index (χ0v) is 15.0. The zero-order chi connectivity index (χ0) is 17.9. The predicted molar refractivity (Wildman–Crippen MR) is 98.2 cm³/mol. The highest BCUT2D eigenvalue weighted by Crippen LogP contribution is 2.33. The molecule has 1 aromatic heterocycles. The maximum absolute atomic E-state index is 5.47. The minimum absolute atomic E-state index is 0.458. The zero-order valence-electron chi connectivity index (χ0n) is 15.0. The highest BCUT2D eigenvalue weighted by molar-refractivity contribution is 5.58. The summed E-state index contributed by atoms with van der Waals surface area (Å²) in [6.07, 6.45) is 0.803. The van der Waals surface area contributed by atoms with E-state index in [0.717, 1.165) is 34.9 Å². The standard InChI is InChI=1S/C19H23N5O/c1-5-19(3,20-15-11-7-9-13-17(15)25-4)18-21-22-23-24(18)16-12-8-6-10-14(16)2/h6-13,20H,5H2,1-4H3. The number of aryl methyl sites for hydroxylation is 1. The molecule has 6 heteroatoms. The number of nitrogens with zero attached hydrogens (tertiary/aromatic N) is 4. The molecule has 1 unspecified atom stereocenters. The van der Waals surface area contributed by atoms with Gasteiger partial charge in [0.25, 0.3) is 0 Å². The molecule has 1 heterocycles. The predicted octanol–water partition coefficient (Wildman–Crippen LogP) is 3.72. The molecule has 0 spiro atoms. The first kappa shape index (κ1) is 17.0. The Hall–Kier alpha value is -2.89. The first-order chi connectivity index (χ1) is 12.1. The van der Waals surface area contributed by atoms with E-state index in [1.54, 1.807) is 11.8 Å². The van der Waals surface area contributed by atoms with Crippen LogP contribution in [0.3, 0.4) is 0 Å². The molecule has 3 rings (SSSR count). The molecule has 1 atom stereocenters. The van der Waals surface area contributed by atoms with Crippen LogP contribution in [0.25, 0.3) is 5.69 Å². The van der Waals surface area contributed by atoms with Crippen LogP contribution in [0.15, 0.2) is 48.5 Å². The smallest absolute Gasteiger partial charge is 0.181 e. The van der Waals surface area contributed by atoms with E-state index < -0.39 is 5.54 Å². The monoisotopic (exact) mass is 337 g/mol. The summed E-state index contributed by atoms with van der Waals surface area (Å²) < 4.78 is 7.27. The number of para-hydroxylation sites is 3. The van der Waals surface area contributed by atoms with E-state index in [2.05, 4.69) is 47.7 Å². The number of ether oxygens (including phenoxy) is 1. The molecular formula is C19H23N5O. The lowest BCUT2D eigenvalue weighted by Gasteiger charge is -2.30. The Bertz CT molecular complexity index is 860. The van der Waals surface area contributed by atoms with Crippen molar-refractivity contribution in [3.8, 4) is 11.4 Å². The van der Waals surface area contributed by atoms with Crippen LogP contribution in [-0.4, -0.2) is 27.3 Å². The lowest BCUT2D eigenvalue weighted by molar-refractivity contribution is 0.411. The average molecular weight is 337 g/mol. The fourth-order valence-electron chi connectivity index (χ4n) is 2.84. The van der Waals surface area contributed by atoms with Crippen LogP contribution in [0.4, 0.5) is 5.69 Å². The third-order valence-corrected chi connectivity index (χ3v) is 4.53. The molecule has 0 fully saturated rings. The number of hydrogen-bond donors (Lipinski definition) is 1. The molecule has 3 aromatic rings. The molecule has 0 saturated carbocycles. The second-order valence-corrected chi connectivity index (χ2v) is 6.21. The van der Waals surface area contributed by atoms with Crippen molar-refractivity contribution in [2.75, 3.05) is 12.4 Å². The normalized spacial score (nSPS) is 13.3. The van der Waals surface area contributed by atoms with Gasteiger partial charge < -0.3 is 10.1 Å².